The number of benzene rings is 2. The van der Waals surface area contributed by atoms with Crippen molar-refractivity contribution < 1.29 is 23.9 Å². The van der Waals surface area contributed by atoms with E-state index >= 15 is 0 Å². The molecule has 3 aliphatic rings. The van der Waals surface area contributed by atoms with Crippen LogP contribution >= 0.6 is 15.9 Å². The van der Waals surface area contributed by atoms with Crippen molar-refractivity contribution in [2.24, 2.45) is 0 Å². The molecule has 1 unspecified atom stereocenters. The summed E-state index contributed by atoms with van der Waals surface area (Å²) in [5, 5.41) is 9.05. The Bertz CT molecular complexity index is 1210. The normalized spacial score (nSPS) is 17.7. The zero-order valence-corrected chi connectivity index (χ0v) is 23.7. The van der Waals surface area contributed by atoms with Gasteiger partial charge in [0.1, 0.15) is 0 Å². The molecule has 9 heteroatoms. The lowest BCUT2D eigenvalue weighted by atomic mass is 9.97. The molecule has 0 spiro atoms. The number of carbonyl (C=O) groups excluding carboxylic acids is 4. The van der Waals surface area contributed by atoms with Crippen LogP contribution in [0.2, 0.25) is 0 Å². The minimum absolute atomic E-state index is 0.249. The highest BCUT2D eigenvalue weighted by molar-refractivity contribution is 9.09. The van der Waals surface area contributed by atoms with Crippen molar-refractivity contribution in [2.45, 2.75) is 63.9 Å². The second kappa shape index (κ2) is 14.5. The standard InChI is InChI=1S/C17H22N2O3.C13H14BrNO2/c20-16-14-8-4-6-12(15(14)17(21)19-16)5-2-1-3-7-13-11-18-9-10-22-13;14-8-3-1-2-5-9-6-4-7-10-11(9)13(17)15-12(10)16/h4,6,8,13,18H,1-3,5,7,9-11H2,(H,19,20,21);4,6-7H,1-3,5,8H2,(H,15,16,17). The molecule has 1 fully saturated rings. The van der Waals surface area contributed by atoms with Crippen LogP contribution in [0.1, 0.15) is 97.5 Å². The van der Waals surface area contributed by atoms with E-state index in [-0.39, 0.29) is 23.6 Å². The third-order valence-electron chi connectivity index (χ3n) is 7.26. The van der Waals surface area contributed by atoms with Gasteiger partial charge in [0, 0.05) is 18.4 Å². The highest BCUT2D eigenvalue weighted by atomic mass is 79.9. The molecule has 0 radical (unpaired) electrons. The number of ether oxygens (including phenoxy) is 1. The van der Waals surface area contributed by atoms with Crippen molar-refractivity contribution in [1.82, 2.24) is 16.0 Å². The first-order valence-corrected chi connectivity index (χ1v) is 14.9. The zero-order chi connectivity index (χ0) is 27.6. The number of hydrogen-bond acceptors (Lipinski definition) is 6. The third kappa shape index (κ3) is 7.62. The molecule has 0 bridgehead atoms. The van der Waals surface area contributed by atoms with Gasteiger partial charge >= 0.3 is 0 Å². The number of rotatable bonds is 11. The molecule has 1 saturated heterocycles. The van der Waals surface area contributed by atoms with Crippen molar-refractivity contribution in [3.8, 4) is 0 Å². The van der Waals surface area contributed by atoms with Gasteiger partial charge in [-0.2, -0.15) is 0 Å². The number of unbranched alkanes of at least 4 members (excludes halogenated alkanes) is 4. The maximum atomic E-state index is 11.8. The van der Waals surface area contributed by atoms with Gasteiger partial charge in [0.25, 0.3) is 23.6 Å². The van der Waals surface area contributed by atoms with Gasteiger partial charge in [0.2, 0.25) is 0 Å². The fourth-order valence-corrected chi connectivity index (χ4v) is 5.65. The number of halogens is 1. The second-order valence-corrected chi connectivity index (χ2v) is 10.8. The van der Waals surface area contributed by atoms with Gasteiger partial charge < -0.3 is 10.1 Å². The van der Waals surface area contributed by atoms with Gasteiger partial charge in [-0.05, 0) is 61.8 Å². The van der Waals surface area contributed by atoms with Gasteiger partial charge in [-0.1, -0.05) is 59.5 Å². The van der Waals surface area contributed by atoms with Crippen LogP contribution in [0.25, 0.3) is 0 Å². The Hall–Kier alpha value is -2.88. The lowest BCUT2D eigenvalue weighted by Gasteiger charge is -2.23. The van der Waals surface area contributed by atoms with E-state index in [0.717, 1.165) is 93.9 Å². The molecule has 3 N–H and O–H groups in total. The Kier molecular flexibility index (Phi) is 10.8. The molecular formula is C30H36BrN3O5. The summed E-state index contributed by atoms with van der Waals surface area (Å²) in [5.41, 5.74) is 4.16. The van der Waals surface area contributed by atoms with E-state index in [1.807, 2.05) is 24.3 Å². The van der Waals surface area contributed by atoms with Crippen LogP contribution in [0, 0.1) is 0 Å². The van der Waals surface area contributed by atoms with Gasteiger partial charge in [-0.3, -0.25) is 29.8 Å². The van der Waals surface area contributed by atoms with Crippen molar-refractivity contribution in [3.63, 3.8) is 0 Å². The van der Waals surface area contributed by atoms with Crippen LogP contribution in [-0.4, -0.2) is 54.8 Å². The number of aryl methyl sites for hydroxylation is 2. The molecule has 0 aliphatic carbocycles. The number of fused-ring (bicyclic) bond motifs is 2. The molecular weight excluding hydrogens is 562 g/mol. The summed E-state index contributed by atoms with van der Waals surface area (Å²) < 4.78 is 5.68. The molecule has 5 rings (SSSR count). The Morgan fingerprint density at radius 1 is 0.718 bits per heavy atom. The Morgan fingerprint density at radius 3 is 1.79 bits per heavy atom. The molecule has 0 saturated carbocycles. The molecule has 39 heavy (non-hydrogen) atoms. The van der Waals surface area contributed by atoms with Crippen LogP contribution in [0.3, 0.4) is 0 Å². The fraction of sp³-hybridized carbons (Fsp3) is 0.467. The fourth-order valence-electron chi connectivity index (χ4n) is 5.25. The van der Waals surface area contributed by atoms with Crippen LogP contribution in [0.4, 0.5) is 0 Å². The second-order valence-electron chi connectivity index (χ2n) is 10.0. The summed E-state index contributed by atoms with van der Waals surface area (Å²) in [4.78, 5) is 46.6. The summed E-state index contributed by atoms with van der Waals surface area (Å²) in [7, 11) is 0. The van der Waals surface area contributed by atoms with E-state index in [4.69, 9.17) is 4.74 Å². The number of nitrogens with one attached hydrogen (secondary N) is 3. The summed E-state index contributed by atoms with van der Waals surface area (Å²) in [6.45, 7) is 2.72. The van der Waals surface area contributed by atoms with E-state index in [9.17, 15) is 19.2 Å². The van der Waals surface area contributed by atoms with Gasteiger partial charge in [-0.15, -0.1) is 0 Å². The average Bonchev–Trinajstić information content (AvgIpc) is 3.41. The lowest BCUT2D eigenvalue weighted by Crippen LogP contribution is -2.38. The minimum atomic E-state index is -0.274. The van der Waals surface area contributed by atoms with E-state index in [2.05, 4.69) is 31.9 Å². The first kappa shape index (κ1) is 29.1. The Balaban J connectivity index is 0.000000187. The number of morpholine rings is 1. The largest absolute Gasteiger partial charge is 0.376 e. The monoisotopic (exact) mass is 597 g/mol. The first-order chi connectivity index (χ1) is 19.0. The maximum Gasteiger partial charge on any atom is 0.259 e. The van der Waals surface area contributed by atoms with E-state index in [1.165, 1.54) is 0 Å². The zero-order valence-electron chi connectivity index (χ0n) is 22.2. The highest BCUT2D eigenvalue weighted by Crippen LogP contribution is 2.23. The molecule has 2 aromatic carbocycles. The van der Waals surface area contributed by atoms with Gasteiger partial charge in [0.15, 0.2) is 0 Å². The Labute approximate surface area is 237 Å². The number of amides is 4. The van der Waals surface area contributed by atoms with Crippen LogP contribution in [-0.2, 0) is 17.6 Å². The van der Waals surface area contributed by atoms with Crippen LogP contribution in [0.5, 0.6) is 0 Å². The molecule has 3 heterocycles. The van der Waals surface area contributed by atoms with Crippen molar-refractivity contribution >= 4 is 39.6 Å². The summed E-state index contributed by atoms with van der Waals surface area (Å²) >= 11 is 3.39. The Morgan fingerprint density at radius 2 is 1.28 bits per heavy atom. The topological polar surface area (TPSA) is 114 Å². The number of alkyl halides is 1. The number of carbonyl (C=O) groups is 4. The summed E-state index contributed by atoms with van der Waals surface area (Å²) in [6, 6.07) is 11.0. The first-order valence-electron chi connectivity index (χ1n) is 13.8. The predicted octanol–water partition coefficient (Wildman–Crippen LogP) is 4.34. The molecule has 3 aliphatic heterocycles. The molecule has 8 nitrogen and oxygen atoms in total. The maximum absolute atomic E-state index is 11.8. The van der Waals surface area contributed by atoms with Crippen molar-refractivity contribution in [1.29, 1.82) is 0 Å². The molecule has 2 aromatic rings. The minimum Gasteiger partial charge on any atom is -0.376 e. The summed E-state index contributed by atoms with van der Waals surface area (Å²) in [6.07, 6.45) is 9.71. The van der Waals surface area contributed by atoms with E-state index in [1.54, 1.807) is 12.1 Å². The molecule has 0 aromatic heterocycles. The van der Waals surface area contributed by atoms with E-state index in [0.29, 0.717) is 28.4 Å². The average molecular weight is 599 g/mol. The highest BCUT2D eigenvalue weighted by Gasteiger charge is 2.29. The van der Waals surface area contributed by atoms with Crippen molar-refractivity contribution in [2.75, 3.05) is 25.0 Å². The number of hydrogen-bond donors (Lipinski definition) is 3. The quantitative estimate of drug-likeness (QED) is 0.202. The van der Waals surface area contributed by atoms with Crippen molar-refractivity contribution in [3.05, 3.63) is 69.8 Å². The summed E-state index contributed by atoms with van der Waals surface area (Å²) in [5.74, 6) is -1.05. The van der Waals surface area contributed by atoms with Gasteiger partial charge in [-0.25, -0.2) is 0 Å². The molecule has 208 valence electrons. The molecule has 1 atom stereocenters. The predicted molar refractivity (Wildman–Crippen MR) is 153 cm³/mol. The lowest BCUT2D eigenvalue weighted by molar-refractivity contribution is 0.0221. The molecule has 4 amide bonds. The van der Waals surface area contributed by atoms with E-state index < -0.39 is 0 Å². The smallest absolute Gasteiger partial charge is 0.259 e. The number of imide groups is 2. The van der Waals surface area contributed by atoms with Gasteiger partial charge in [0.05, 0.1) is 35.0 Å². The van der Waals surface area contributed by atoms with Crippen LogP contribution < -0.4 is 16.0 Å². The third-order valence-corrected chi connectivity index (χ3v) is 7.82. The SMILES string of the molecule is O=C1NC(=O)c2c(CCCCCBr)cccc21.O=C1NC(=O)c2c(CCCCCC3CNCCO3)cccc21. The van der Waals surface area contributed by atoms with Crippen LogP contribution in [0.15, 0.2) is 36.4 Å².